The Bertz CT molecular complexity index is 929. The molecule has 34 heavy (non-hydrogen) atoms. The predicted octanol–water partition coefficient (Wildman–Crippen LogP) is 0.615. The summed E-state index contributed by atoms with van der Waals surface area (Å²) < 4.78 is 11.4. The molecule has 2 aromatic carbocycles. The van der Waals surface area contributed by atoms with Gasteiger partial charge in [0.25, 0.3) is 11.8 Å². The number of aliphatic carboxylic acids is 1. The molecule has 2 amide bonds. The van der Waals surface area contributed by atoms with E-state index in [4.69, 9.17) is 9.47 Å². The van der Waals surface area contributed by atoms with Gasteiger partial charge in [0, 0.05) is 12.5 Å². The Morgan fingerprint density at radius 1 is 0.706 bits per heavy atom. The monoisotopic (exact) mass is 491 g/mol. The summed E-state index contributed by atoms with van der Waals surface area (Å²) in [6, 6.07) is 14.3. The fourth-order valence-electron chi connectivity index (χ4n) is 3.79. The van der Waals surface area contributed by atoms with Crippen LogP contribution in [0, 0.1) is 0 Å². The average Bonchev–Trinajstić information content (AvgIpc) is 3.06. The van der Waals surface area contributed by atoms with Crippen molar-refractivity contribution < 1.29 is 80.3 Å². The molecule has 1 aliphatic rings. The Morgan fingerprint density at radius 3 is 1.74 bits per heavy atom. The Hall–Kier alpha value is -1.71. The van der Waals surface area contributed by atoms with Gasteiger partial charge in [0.2, 0.25) is 0 Å². The molecule has 0 aromatic heterocycles. The van der Waals surface area contributed by atoms with E-state index in [1.165, 1.54) is 4.90 Å². The number of carbonyl (C=O) groups is 3. The number of carboxylic acid groups (broad SMARTS) is 1. The van der Waals surface area contributed by atoms with Crippen molar-refractivity contribution in [3.63, 3.8) is 0 Å². The van der Waals surface area contributed by atoms with Crippen LogP contribution in [-0.4, -0.2) is 42.4 Å². The van der Waals surface area contributed by atoms with E-state index < -0.39 is 5.97 Å². The first-order valence-electron chi connectivity index (χ1n) is 11.6. The molecule has 0 aliphatic carbocycles. The SMILES string of the molecule is O=C([O-])CCCOc1ccccc1OCCCCCCCCN1C(=O)c2ccccc2C1=O.[K+]. The van der Waals surface area contributed by atoms with Crippen LogP contribution >= 0.6 is 0 Å². The molecule has 0 saturated heterocycles. The zero-order chi connectivity index (χ0) is 23.5. The molecule has 0 radical (unpaired) electrons. The van der Waals surface area contributed by atoms with Crippen LogP contribution in [0.3, 0.4) is 0 Å². The predicted molar refractivity (Wildman–Crippen MR) is 121 cm³/mol. The molecule has 0 atom stereocenters. The van der Waals surface area contributed by atoms with Crippen LogP contribution in [0.4, 0.5) is 0 Å². The van der Waals surface area contributed by atoms with E-state index in [-0.39, 0.29) is 69.6 Å². The van der Waals surface area contributed by atoms with Gasteiger partial charge in [0.1, 0.15) is 0 Å². The number of para-hydroxylation sites is 2. The number of unbranched alkanes of at least 4 members (excludes halogenated alkanes) is 5. The Labute approximate surface area is 243 Å². The second-order valence-electron chi connectivity index (χ2n) is 8.05. The molecule has 2 aromatic rings. The fourth-order valence-corrected chi connectivity index (χ4v) is 3.79. The molecule has 0 saturated carbocycles. The maximum absolute atomic E-state index is 12.3. The zero-order valence-electron chi connectivity index (χ0n) is 19.8. The second-order valence-corrected chi connectivity index (χ2v) is 8.05. The first-order chi connectivity index (χ1) is 16.1. The first kappa shape index (κ1) is 28.5. The minimum absolute atomic E-state index is 0. The van der Waals surface area contributed by atoms with Crippen molar-refractivity contribution in [1.82, 2.24) is 4.90 Å². The normalized spacial score (nSPS) is 12.3. The topological polar surface area (TPSA) is 96.0 Å². The van der Waals surface area contributed by atoms with Gasteiger partial charge in [0.15, 0.2) is 11.5 Å². The zero-order valence-corrected chi connectivity index (χ0v) is 22.9. The molecule has 3 rings (SSSR count). The van der Waals surface area contributed by atoms with Crippen molar-refractivity contribution >= 4 is 17.8 Å². The van der Waals surface area contributed by atoms with Gasteiger partial charge in [-0.1, -0.05) is 49.9 Å². The average molecular weight is 492 g/mol. The molecule has 7 nitrogen and oxygen atoms in total. The maximum Gasteiger partial charge on any atom is 1.00 e. The summed E-state index contributed by atoms with van der Waals surface area (Å²) in [6.07, 6.45) is 6.19. The van der Waals surface area contributed by atoms with Gasteiger partial charge in [-0.05, 0) is 49.9 Å². The number of carbonyl (C=O) groups excluding carboxylic acids is 3. The third kappa shape index (κ3) is 8.50. The molecule has 8 heteroatoms. The molecule has 0 unspecified atom stereocenters. The van der Waals surface area contributed by atoms with Crippen LogP contribution in [0.2, 0.25) is 0 Å². The van der Waals surface area contributed by atoms with E-state index in [9.17, 15) is 19.5 Å². The maximum atomic E-state index is 12.3. The number of benzene rings is 2. The Kier molecular flexibility index (Phi) is 12.8. The Balaban J connectivity index is 0.00000408. The molecular weight excluding hydrogens is 461 g/mol. The van der Waals surface area contributed by atoms with Crippen molar-refractivity contribution in [2.24, 2.45) is 0 Å². The van der Waals surface area contributed by atoms with Crippen LogP contribution in [0.25, 0.3) is 0 Å². The van der Waals surface area contributed by atoms with E-state index in [0.29, 0.717) is 48.8 Å². The number of ether oxygens (including phenoxy) is 2. The molecule has 1 aliphatic heterocycles. The van der Waals surface area contributed by atoms with Gasteiger partial charge < -0.3 is 19.4 Å². The van der Waals surface area contributed by atoms with Gasteiger partial charge in [0.05, 0.1) is 24.3 Å². The fraction of sp³-hybridized carbons (Fsp3) is 0.423. The summed E-state index contributed by atoms with van der Waals surface area (Å²) in [5, 5.41) is 10.5. The molecule has 1 heterocycles. The number of hydrogen-bond donors (Lipinski definition) is 0. The summed E-state index contributed by atoms with van der Waals surface area (Å²) in [4.78, 5) is 36.5. The van der Waals surface area contributed by atoms with E-state index in [2.05, 4.69) is 0 Å². The second kappa shape index (κ2) is 15.3. The molecule has 0 bridgehead atoms. The van der Waals surface area contributed by atoms with Crippen LogP contribution < -0.4 is 66.0 Å². The third-order valence-electron chi connectivity index (χ3n) is 5.54. The van der Waals surface area contributed by atoms with Gasteiger partial charge >= 0.3 is 51.4 Å². The van der Waals surface area contributed by atoms with Gasteiger partial charge in [-0.15, -0.1) is 0 Å². The van der Waals surface area contributed by atoms with E-state index in [1.807, 2.05) is 24.3 Å². The van der Waals surface area contributed by atoms with Crippen molar-refractivity contribution in [3.05, 3.63) is 59.7 Å². The van der Waals surface area contributed by atoms with Crippen molar-refractivity contribution in [2.75, 3.05) is 19.8 Å². The van der Waals surface area contributed by atoms with Gasteiger partial charge in [-0.25, -0.2) is 0 Å². The van der Waals surface area contributed by atoms with E-state index >= 15 is 0 Å². The standard InChI is InChI=1S/C26H31NO6.K/c28-24(29)16-11-19-33-23-15-8-7-14-22(23)32-18-10-4-2-1-3-9-17-27-25(30)20-12-5-6-13-21(20)26(27)31;/h5-8,12-15H,1-4,9-11,16-19H2,(H,28,29);/q;+1/p-1. The van der Waals surface area contributed by atoms with Crippen molar-refractivity contribution in [2.45, 2.75) is 51.4 Å². The number of amides is 2. The largest absolute Gasteiger partial charge is 1.00 e. The number of nitrogens with zero attached hydrogens (tertiary/aromatic N) is 1. The number of hydrogen-bond acceptors (Lipinski definition) is 6. The summed E-state index contributed by atoms with van der Waals surface area (Å²) in [7, 11) is 0. The smallest absolute Gasteiger partial charge is 0.550 e. The van der Waals surface area contributed by atoms with Gasteiger partial charge in [-0.3, -0.25) is 14.5 Å². The van der Waals surface area contributed by atoms with Crippen LogP contribution in [0.5, 0.6) is 11.5 Å². The van der Waals surface area contributed by atoms with Gasteiger partial charge in [-0.2, -0.15) is 0 Å². The van der Waals surface area contributed by atoms with Crippen molar-refractivity contribution in [3.8, 4) is 11.5 Å². The summed E-state index contributed by atoms with van der Waals surface area (Å²) in [5.41, 5.74) is 1.01. The number of carboxylic acids is 1. The minimum Gasteiger partial charge on any atom is -0.550 e. The molecule has 0 fully saturated rings. The molecular formula is C26H30KNO6. The molecule has 0 spiro atoms. The van der Waals surface area contributed by atoms with Crippen LogP contribution in [0.15, 0.2) is 48.5 Å². The molecule has 0 N–H and O–H groups in total. The van der Waals surface area contributed by atoms with Crippen LogP contribution in [0.1, 0.15) is 72.1 Å². The van der Waals surface area contributed by atoms with Crippen molar-refractivity contribution in [1.29, 1.82) is 0 Å². The number of imide groups is 1. The summed E-state index contributed by atoms with van der Waals surface area (Å²) >= 11 is 0. The summed E-state index contributed by atoms with van der Waals surface area (Å²) in [5.74, 6) is -0.172. The minimum atomic E-state index is -1.08. The van der Waals surface area contributed by atoms with E-state index in [1.54, 1.807) is 24.3 Å². The third-order valence-corrected chi connectivity index (χ3v) is 5.54. The Morgan fingerprint density at radius 2 is 1.18 bits per heavy atom. The van der Waals surface area contributed by atoms with E-state index in [0.717, 1.165) is 38.5 Å². The van der Waals surface area contributed by atoms with Crippen LogP contribution in [-0.2, 0) is 4.79 Å². The number of rotatable bonds is 15. The number of fused-ring (bicyclic) bond motifs is 1. The first-order valence-corrected chi connectivity index (χ1v) is 11.6. The quantitative estimate of drug-likeness (QED) is 0.206. The molecule has 176 valence electrons. The summed E-state index contributed by atoms with van der Waals surface area (Å²) in [6.45, 7) is 1.35.